The molecule has 2 aliphatic carbocycles. The van der Waals surface area contributed by atoms with Gasteiger partial charge in [-0.05, 0) is 38.0 Å². The maximum absolute atomic E-state index is 6.05. The van der Waals surface area contributed by atoms with Gasteiger partial charge in [-0.25, -0.2) is 4.98 Å². The summed E-state index contributed by atoms with van der Waals surface area (Å²) in [6.07, 6.45) is 7.63. The van der Waals surface area contributed by atoms with Gasteiger partial charge in [0.1, 0.15) is 0 Å². The lowest BCUT2D eigenvalue weighted by atomic mass is 9.99. The largest absolute Gasteiger partial charge is 0.323 e. The molecule has 0 amide bonds. The third kappa shape index (κ3) is 1.59. The molecule has 1 aromatic rings. The fraction of sp³-hybridized carbons (Fsp3) is 0.727. The van der Waals surface area contributed by atoms with Gasteiger partial charge in [0, 0.05) is 17.3 Å². The van der Waals surface area contributed by atoms with Crippen LogP contribution >= 0.6 is 11.3 Å². The summed E-state index contributed by atoms with van der Waals surface area (Å²) >= 11 is 1.92. The van der Waals surface area contributed by atoms with E-state index in [2.05, 4.69) is 0 Å². The molecular weight excluding hydrogens is 192 g/mol. The van der Waals surface area contributed by atoms with E-state index in [0.717, 1.165) is 12.3 Å². The van der Waals surface area contributed by atoms with Crippen LogP contribution in [0.4, 0.5) is 0 Å². The molecule has 1 saturated carbocycles. The number of hydrogen-bond acceptors (Lipinski definition) is 3. The Kier molecular flexibility index (Phi) is 2.10. The minimum Gasteiger partial charge on any atom is -0.323 e. The van der Waals surface area contributed by atoms with Crippen LogP contribution in [0.3, 0.4) is 0 Å². The first-order chi connectivity index (χ1) is 6.83. The maximum atomic E-state index is 6.05. The molecule has 0 spiro atoms. The number of aryl methyl sites for hydroxylation is 1. The lowest BCUT2D eigenvalue weighted by molar-refractivity contribution is 0.562. The fourth-order valence-corrected chi connectivity index (χ4v) is 3.45. The second kappa shape index (κ2) is 3.31. The average Bonchev–Trinajstić information content (AvgIpc) is 2.84. The molecule has 76 valence electrons. The first-order valence-electron chi connectivity index (χ1n) is 5.57. The summed E-state index contributed by atoms with van der Waals surface area (Å²) < 4.78 is 0. The van der Waals surface area contributed by atoms with Gasteiger partial charge in [0.15, 0.2) is 0 Å². The molecule has 1 fully saturated rings. The Morgan fingerprint density at radius 2 is 2.21 bits per heavy atom. The number of hydrogen-bond donors (Lipinski definition) is 1. The summed E-state index contributed by atoms with van der Waals surface area (Å²) in [4.78, 5) is 6.18. The van der Waals surface area contributed by atoms with Gasteiger partial charge in [0.2, 0.25) is 0 Å². The number of thiazole rings is 1. The topological polar surface area (TPSA) is 38.9 Å². The number of fused-ring (bicyclic) bond motifs is 1. The fourth-order valence-electron chi connectivity index (χ4n) is 2.16. The van der Waals surface area contributed by atoms with E-state index in [9.17, 15) is 0 Å². The van der Waals surface area contributed by atoms with Crippen LogP contribution in [0.25, 0.3) is 0 Å². The Morgan fingerprint density at radius 1 is 1.36 bits per heavy atom. The van der Waals surface area contributed by atoms with Crippen LogP contribution in [-0.4, -0.2) is 4.98 Å². The molecule has 2 N–H and O–H groups in total. The molecule has 0 aromatic carbocycles. The Bertz CT molecular complexity index is 341. The van der Waals surface area contributed by atoms with E-state index in [1.165, 1.54) is 47.7 Å². The van der Waals surface area contributed by atoms with Crippen molar-refractivity contribution in [3.05, 3.63) is 15.6 Å². The van der Waals surface area contributed by atoms with Crippen LogP contribution in [0.1, 0.15) is 47.3 Å². The van der Waals surface area contributed by atoms with Crippen molar-refractivity contribution in [2.24, 2.45) is 11.7 Å². The van der Waals surface area contributed by atoms with Crippen molar-refractivity contribution in [3.8, 4) is 0 Å². The molecule has 0 radical (unpaired) electrons. The Labute approximate surface area is 88.5 Å². The van der Waals surface area contributed by atoms with E-state index in [1.807, 2.05) is 11.3 Å². The highest BCUT2D eigenvalue weighted by molar-refractivity contribution is 7.11. The zero-order valence-corrected chi connectivity index (χ0v) is 9.15. The molecule has 1 atom stereocenters. The van der Waals surface area contributed by atoms with Crippen LogP contribution in [0.2, 0.25) is 0 Å². The molecule has 1 aromatic heterocycles. The third-order valence-electron chi connectivity index (χ3n) is 3.20. The summed E-state index contributed by atoms with van der Waals surface area (Å²) in [5.41, 5.74) is 7.27. The van der Waals surface area contributed by atoms with Crippen LogP contribution in [0.5, 0.6) is 0 Å². The predicted molar refractivity (Wildman–Crippen MR) is 58.4 cm³/mol. The number of rotatable bonds is 2. The summed E-state index contributed by atoms with van der Waals surface area (Å²) in [7, 11) is 0. The van der Waals surface area contributed by atoms with E-state index < -0.39 is 0 Å². The predicted octanol–water partition coefficient (Wildman–Crippen LogP) is 2.43. The molecule has 1 heterocycles. The molecule has 0 bridgehead atoms. The first-order valence-corrected chi connectivity index (χ1v) is 6.38. The molecule has 14 heavy (non-hydrogen) atoms. The summed E-state index contributed by atoms with van der Waals surface area (Å²) in [6.45, 7) is 0. The van der Waals surface area contributed by atoms with E-state index >= 15 is 0 Å². The molecular formula is C11H16N2S. The highest BCUT2D eigenvalue weighted by Crippen LogP contribution is 2.37. The summed E-state index contributed by atoms with van der Waals surface area (Å²) in [5, 5.41) is 1.34. The average molecular weight is 208 g/mol. The van der Waals surface area contributed by atoms with Crippen molar-refractivity contribution < 1.29 is 0 Å². The molecule has 3 heteroatoms. The minimum atomic E-state index is 0.225. The minimum absolute atomic E-state index is 0.225. The van der Waals surface area contributed by atoms with Gasteiger partial charge in [0.05, 0.1) is 10.7 Å². The zero-order chi connectivity index (χ0) is 9.54. The highest BCUT2D eigenvalue weighted by atomic mass is 32.1. The Balaban J connectivity index is 1.85. The third-order valence-corrected chi connectivity index (χ3v) is 4.36. The number of aromatic nitrogens is 1. The first kappa shape index (κ1) is 8.86. The molecule has 2 aliphatic rings. The zero-order valence-electron chi connectivity index (χ0n) is 8.33. The lowest BCUT2D eigenvalue weighted by Gasteiger charge is -2.15. The van der Waals surface area contributed by atoms with Crippen molar-refractivity contribution in [2.75, 3.05) is 0 Å². The van der Waals surface area contributed by atoms with Crippen molar-refractivity contribution >= 4 is 11.3 Å². The normalized spacial score (nSPS) is 26.2. The number of nitrogens with two attached hydrogens (primary N) is 1. The summed E-state index contributed by atoms with van der Waals surface area (Å²) in [5.74, 6) is 0.943. The molecule has 2 nitrogen and oxygen atoms in total. The van der Waals surface area contributed by atoms with E-state index in [0.29, 0.717) is 0 Å². The lowest BCUT2D eigenvalue weighted by Crippen LogP contribution is -2.16. The van der Waals surface area contributed by atoms with Crippen molar-refractivity contribution in [3.63, 3.8) is 0 Å². The van der Waals surface area contributed by atoms with Crippen molar-refractivity contribution in [1.29, 1.82) is 0 Å². The highest BCUT2D eigenvalue weighted by Gasteiger charge is 2.26. The molecule has 3 rings (SSSR count). The van der Waals surface area contributed by atoms with E-state index in [1.54, 1.807) is 0 Å². The Hall–Kier alpha value is -0.410. The van der Waals surface area contributed by atoms with Crippen LogP contribution in [-0.2, 0) is 12.8 Å². The van der Waals surface area contributed by atoms with Gasteiger partial charge in [-0.2, -0.15) is 0 Å². The van der Waals surface area contributed by atoms with Crippen LogP contribution < -0.4 is 5.73 Å². The van der Waals surface area contributed by atoms with Gasteiger partial charge in [0.25, 0.3) is 0 Å². The number of nitrogens with zero attached hydrogens (tertiary/aromatic N) is 1. The van der Waals surface area contributed by atoms with Gasteiger partial charge >= 0.3 is 0 Å². The van der Waals surface area contributed by atoms with Gasteiger partial charge < -0.3 is 5.73 Å². The quantitative estimate of drug-likeness (QED) is 0.810. The molecule has 0 aliphatic heterocycles. The molecule has 0 saturated heterocycles. The second-order valence-corrected chi connectivity index (χ2v) is 5.73. The SMILES string of the molecule is NC1CCCc2sc(CC3CC3)nc21. The van der Waals surface area contributed by atoms with E-state index in [4.69, 9.17) is 10.7 Å². The van der Waals surface area contributed by atoms with Crippen molar-refractivity contribution in [2.45, 2.75) is 44.6 Å². The Morgan fingerprint density at radius 3 is 2.93 bits per heavy atom. The smallest absolute Gasteiger partial charge is 0.0934 e. The van der Waals surface area contributed by atoms with Crippen LogP contribution in [0, 0.1) is 5.92 Å². The van der Waals surface area contributed by atoms with Crippen LogP contribution in [0.15, 0.2) is 0 Å². The van der Waals surface area contributed by atoms with Gasteiger partial charge in [-0.1, -0.05) is 0 Å². The monoisotopic (exact) mass is 208 g/mol. The second-order valence-electron chi connectivity index (χ2n) is 4.56. The standard InChI is InChI=1S/C11H16N2S/c12-8-2-1-3-9-11(8)13-10(14-9)6-7-4-5-7/h7-8H,1-6,12H2. The van der Waals surface area contributed by atoms with Gasteiger partial charge in [-0.15, -0.1) is 11.3 Å². The van der Waals surface area contributed by atoms with Crippen molar-refractivity contribution in [1.82, 2.24) is 4.98 Å². The maximum Gasteiger partial charge on any atom is 0.0934 e. The summed E-state index contributed by atoms with van der Waals surface area (Å²) in [6, 6.07) is 0.225. The molecule has 1 unspecified atom stereocenters. The van der Waals surface area contributed by atoms with E-state index in [-0.39, 0.29) is 6.04 Å². The van der Waals surface area contributed by atoms with Gasteiger partial charge in [-0.3, -0.25) is 0 Å².